The zero-order valence-corrected chi connectivity index (χ0v) is 18.9. The van der Waals surface area contributed by atoms with E-state index < -0.39 is 18.2 Å². The van der Waals surface area contributed by atoms with Gasteiger partial charge in [0.25, 0.3) is 0 Å². The molecule has 0 unspecified atom stereocenters. The smallest absolute Gasteiger partial charge is 0.474 e. The number of halogens is 3. The van der Waals surface area contributed by atoms with Gasteiger partial charge in [-0.15, -0.1) is 13.2 Å². The van der Waals surface area contributed by atoms with Crippen LogP contribution in [0.2, 0.25) is 0 Å². The van der Waals surface area contributed by atoms with Crippen LogP contribution in [0.15, 0.2) is 72.8 Å². The number of carboxylic acids is 1. The molecule has 0 saturated heterocycles. The van der Waals surface area contributed by atoms with Crippen molar-refractivity contribution in [3.05, 3.63) is 83.9 Å². The fraction of sp³-hybridized carbons (Fsp3) is 0.231. The molecular formula is C26H24F3NO4. The minimum Gasteiger partial charge on any atom is -0.474 e. The molecule has 34 heavy (non-hydrogen) atoms. The highest BCUT2D eigenvalue weighted by atomic mass is 19.4. The molecule has 0 heterocycles. The maximum Gasteiger partial charge on any atom is 0.573 e. The van der Waals surface area contributed by atoms with Crippen molar-refractivity contribution in [1.82, 2.24) is 0 Å². The van der Waals surface area contributed by atoms with Crippen LogP contribution in [-0.2, 0) is 21.5 Å². The fourth-order valence-electron chi connectivity index (χ4n) is 3.39. The van der Waals surface area contributed by atoms with Gasteiger partial charge in [-0.1, -0.05) is 69.3 Å². The van der Waals surface area contributed by atoms with E-state index in [1.54, 1.807) is 24.3 Å². The number of nitrogens with zero attached hydrogens (tertiary/aromatic N) is 1. The second kappa shape index (κ2) is 9.59. The molecule has 0 saturated carbocycles. The number of carboxylic acid groups (broad SMARTS) is 1. The lowest BCUT2D eigenvalue weighted by molar-refractivity contribution is -0.274. The second-order valence-electron chi connectivity index (χ2n) is 8.77. The number of carbonyl (C=O) groups is 2. The first kappa shape index (κ1) is 24.8. The monoisotopic (exact) mass is 471 g/mol. The van der Waals surface area contributed by atoms with Crippen LogP contribution in [0.4, 0.5) is 18.9 Å². The van der Waals surface area contributed by atoms with Crippen molar-refractivity contribution in [2.75, 3.05) is 4.90 Å². The number of aliphatic carboxylic acids is 1. The van der Waals surface area contributed by atoms with E-state index in [1.807, 2.05) is 24.3 Å². The highest BCUT2D eigenvalue weighted by Crippen LogP contribution is 2.30. The fourth-order valence-corrected chi connectivity index (χ4v) is 3.39. The summed E-state index contributed by atoms with van der Waals surface area (Å²) in [6, 6.07) is 19.5. The molecule has 0 aromatic heterocycles. The van der Waals surface area contributed by atoms with Crippen LogP contribution in [-0.4, -0.2) is 23.3 Å². The maximum atomic E-state index is 12.5. The van der Waals surface area contributed by atoms with Crippen molar-refractivity contribution in [1.29, 1.82) is 0 Å². The molecule has 0 radical (unpaired) electrons. The van der Waals surface area contributed by atoms with Gasteiger partial charge in [0, 0.05) is 5.69 Å². The SMILES string of the molecule is CC(C)(C)c1ccc(CN(C(=O)C(=O)O)c2cccc(-c3ccc(OC(F)(F)F)cc3)c2)cc1. The lowest BCUT2D eigenvalue weighted by Gasteiger charge is -2.23. The Morgan fingerprint density at radius 3 is 2.03 bits per heavy atom. The third-order valence-electron chi connectivity index (χ3n) is 5.17. The topological polar surface area (TPSA) is 66.8 Å². The van der Waals surface area contributed by atoms with Gasteiger partial charge in [0.1, 0.15) is 5.75 Å². The third kappa shape index (κ3) is 6.37. The van der Waals surface area contributed by atoms with Crippen LogP contribution in [0.1, 0.15) is 31.9 Å². The summed E-state index contributed by atoms with van der Waals surface area (Å²) in [4.78, 5) is 25.2. The Kier molecular flexibility index (Phi) is 7.00. The Morgan fingerprint density at radius 2 is 1.50 bits per heavy atom. The Morgan fingerprint density at radius 1 is 0.882 bits per heavy atom. The number of carbonyl (C=O) groups excluding carboxylic acids is 1. The first-order chi connectivity index (χ1) is 15.8. The summed E-state index contributed by atoms with van der Waals surface area (Å²) >= 11 is 0. The number of anilines is 1. The molecule has 1 amide bonds. The molecule has 1 N–H and O–H groups in total. The summed E-state index contributed by atoms with van der Waals surface area (Å²) in [6.45, 7) is 6.28. The van der Waals surface area contributed by atoms with Crippen molar-refractivity contribution >= 4 is 17.6 Å². The predicted molar refractivity (Wildman–Crippen MR) is 123 cm³/mol. The van der Waals surface area contributed by atoms with Crippen molar-refractivity contribution in [3.63, 3.8) is 0 Å². The lowest BCUT2D eigenvalue weighted by Crippen LogP contribution is -2.36. The molecule has 0 fully saturated rings. The average molecular weight is 471 g/mol. The van der Waals surface area contributed by atoms with Crippen LogP contribution >= 0.6 is 0 Å². The van der Waals surface area contributed by atoms with E-state index in [1.165, 1.54) is 24.3 Å². The maximum absolute atomic E-state index is 12.5. The van der Waals surface area contributed by atoms with Gasteiger partial charge < -0.3 is 9.84 Å². The lowest BCUT2D eigenvalue weighted by atomic mass is 9.87. The van der Waals surface area contributed by atoms with Gasteiger partial charge >= 0.3 is 18.2 Å². The molecule has 178 valence electrons. The zero-order valence-electron chi connectivity index (χ0n) is 18.9. The van der Waals surface area contributed by atoms with Crippen LogP contribution < -0.4 is 9.64 Å². The molecule has 5 nitrogen and oxygen atoms in total. The summed E-state index contributed by atoms with van der Waals surface area (Å²) in [5.74, 6) is -3.04. The van der Waals surface area contributed by atoms with E-state index in [2.05, 4.69) is 25.5 Å². The van der Waals surface area contributed by atoms with Gasteiger partial charge in [0.2, 0.25) is 0 Å². The zero-order chi connectivity index (χ0) is 25.1. The van der Waals surface area contributed by atoms with E-state index in [9.17, 15) is 27.9 Å². The third-order valence-corrected chi connectivity index (χ3v) is 5.17. The molecule has 0 aliphatic carbocycles. The molecule has 0 aliphatic heterocycles. The molecule has 3 aromatic rings. The van der Waals surface area contributed by atoms with Crippen LogP contribution in [0.5, 0.6) is 5.75 Å². The molecule has 0 spiro atoms. The van der Waals surface area contributed by atoms with E-state index in [0.29, 0.717) is 16.8 Å². The summed E-state index contributed by atoms with van der Waals surface area (Å²) in [5.41, 5.74) is 3.33. The molecule has 3 aromatic carbocycles. The summed E-state index contributed by atoms with van der Waals surface area (Å²) < 4.78 is 41.1. The Labute approximate surface area is 195 Å². The van der Waals surface area contributed by atoms with E-state index in [0.717, 1.165) is 16.0 Å². The highest BCUT2D eigenvalue weighted by molar-refractivity contribution is 6.37. The molecule has 0 bridgehead atoms. The van der Waals surface area contributed by atoms with E-state index >= 15 is 0 Å². The molecule has 0 atom stereocenters. The number of hydrogen-bond donors (Lipinski definition) is 1. The first-order valence-corrected chi connectivity index (χ1v) is 10.4. The number of benzene rings is 3. The molecule has 8 heteroatoms. The van der Waals surface area contributed by atoms with Crippen molar-refractivity contribution in [2.45, 2.75) is 39.1 Å². The average Bonchev–Trinajstić information content (AvgIpc) is 2.76. The predicted octanol–water partition coefficient (Wildman–Crippen LogP) is 6.17. The van der Waals surface area contributed by atoms with Gasteiger partial charge in [-0.3, -0.25) is 9.69 Å². The molecule has 0 aliphatic rings. The molecule has 3 rings (SSSR count). The summed E-state index contributed by atoms with van der Waals surface area (Å²) in [6.07, 6.45) is -4.79. The second-order valence-corrected chi connectivity index (χ2v) is 8.77. The number of hydrogen-bond acceptors (Lipinski definition) is 3. The number of amides is 1. The Hall–Kier alpha value is -3.81. The van der Waals surface area contributed by atoms with E-state index in [4.69, 9.17) is 0 Å². The first-order valence-electron chi connectivity index (χ1n) is 10.4. The number of ether oxygens (including phenoxy) is 1. The highest BCUT2D eigenvalue weighted by Gasteiger charge is 2.31. The van der Waals surface area contributed by atoms with Crippen LogP contribution in [0.25, 0.3) is 11.1 Å². The van der Waals surface area contributed by atoms with Gasteiger partial charge in [-0.05, 0) is 51.9 Å². The Bertz CT molecular complexity index is 1160. The minimum absolute atomic E-state index is 0.0391. The quantitative estimate of drug-likeness (QED) is 0.452. The van der Waals surface area contributed by atoms with E-state index in [-0.39, 0.29) is 17.7 Å². The molecular weight excluding hydrogens is 447 g/mol. The minimum atomic E-state index is -4.79. The van der Waals surface area contributed by atoms with Crippen molar-refractivity contribution in [3.8, 4) is 16.9 Å². The van der Waals surface area contributed by atoms with Crippen LogP contribution in [0.3, 0.4) is 0 Å². The van der Waals surface area contributed by atoms with Gasteiger partial charge in [0.15, 0.2) is 0 Å². The van der Waals surface area contributed by atoms with Gasteiger partial charge in [0.05, 0.1) is 6.54 Å². The van der Waals surface area contributed by atoms with Crippen LogP contribution in [0, 0.1) is 0 Å². The summed E-state index contributed by atoms with van der Waals surface area (Å²) in [5, 5.41) is 9.36. The van der Waals surface area contributed by atoms with Gasteiger partial charge in [-0.25, -0.2) is 4.79 Å². The standard InChI is InChI=1S/C26H24F3NO4/c1-25(2,3)20-11-7-17(8-12-20)16-30(23(31)24(32)33)21-6-4-5-19(15-21)18-9-13-22(14-10-18)34-26(27,28)29/h4-15H,16H2,1-3H3,(H,32,33). The van der Waals surface area contributed by atoms with Crippen molar-refractivity contribution < 1.29 is 32.6 Å². The van der Waals surface area contributed by atoms with Crippen molar-refractivity contribution in [2.24, 2.45) is 0 Å². The largest absolute Gasteiger partial charge is 0.573 e. The normalized spacial score (nSPS) is 11.7. The number of rotatable bonds is 5. The number of alkyl halides is 3. The Balaban J connectivity index is 1.90. The summed E-state index contributed by atoms with van der Waals surface area (Å²) in [7, 11) is 0. The van der Waals surface area contributed by atoms with Gasteiger partial charge in [-0.2, -0.15) is 0 Å².